The average Bonchev–Trinajstić information content (AvgIpc) is 3.12. The maximum atomic E-state index is 13.4. The van der Waals surface area contributed by atoms with Crippen LogP contribution in [-0.2, 0) is 33.3 Å². The van der Waals surface area contributed by atoms with Gasteiger partial charge in [0.15, 0.2) is 0 Å². The second-order valence-corrected chi connectivity index (χ2v) is 12.1. The molecule has 2 saturated heterocycles. The van der Waals surface area contributed by atoms with Gasteiger partial charge >= 0.3 is 17.9 Å². The summed E-state index contributed by atoms with van der Waals surface area (Å²) in [7, 11) is 1.11. The van der Waals surface area contributed by atoms with Crippen LogP contribution in [0.3, 0.4) is 0 Å². The SMILES string of the molecule is COC(=O)[C@@]12OC[C@]34C(C(O)[C@@H]1O)[C@@]1(C)C[C@@H](O)[C@@H](O)[C@@H](C)[C@@H]1C[C@H]3OC(=O)[C@H](OC(=O)C=C(C)C)[C@@H]24. The summed E-state index contributed by atoms with van der Waals surface area (Å²) in [6.45, 7) is 6.88. The van der Waals surface area contributed by atoms with Gasteiger partial charge in [0.25, 0.3) is 0 Å². The molecule has 0 aromatic carbocycles. The van der Waals surface area contributed by atoms with Crippen molar-refractivity contribution in [2.24, 2.45) is 34.5 Å². The van der Waals surface area contributed by atoms with Crippen LogP contribution < -0.4 is 0 Å². The van der Waals surface area contributed by atoms with E-state index in [1.807, 2.05) is 6.92 Å². The monoisotopic (exact) mass is 524 g/mol. The number of carbonyl (C=O) groups is 3. The molecule has 3 aliphatic carbocycles. The van der Waals surface area contributed by atoms with E-state index in [1.54, 1.807) is 20.8 Å². The third-order valence-electron chi connectivity index (χ3n) is 10.1. The highest BCUT2D eigenvalue weighted by Gasteiger charge is 2.85. The highest BCUT2D eigenvalue weighted by molar-refractivity contribution is 5.89. The van der Waals surface area contributed by atoms with E-state index in [0.717, 1.165) is 7.11 Å². The summed E-state index contributed by atoms with van der Waals surface area (Å²) in [6, 6.07) is 0. The van der Waals surface area contributed by atoms with Crippen LogP contribution in [-0.4, -0.2) is 94.3 Å². The maximum absolute atomic E-state index is 13.4. The highest BCUT2D eigenvalue weighted by Crippen LogP contribution is 2.73. The molecule has 2 unspecified atom stereocenters. The van der Waals surface area contributed by atoms with Crippen LogP contribution >= 0.6 is 0 Å². The van der Waals surface area contributed by atoms with E-state index in [4.69, 9.17) is 18.9 Å². The van der Waals surface area contributed by atoms with Crippen LogP contribution in [0.1, 0.15) is 40.5 Å². The van der Waals surface area contributed by atoms with Crippen molar-refractivity contribution in [3.8, 4) is 0 Å². The molecule has 0 amide bonds. The number of aliphatic hydroxyl groups excluding tert-OH is 4. The standard InChI is InChI=1S/C26H36O11/c1-10(2)6-15(28)37-18-20-25-9-35-26(20,23(33)34-5)21(31)17(30)19(25)24(4)8-13(27)16(29)11(3)12(24)7-14(25)36-22(18)32/h6,11-14,16-21,27,29-31H,7-9H2,1-5H3/t11-,12-,13+,14+,16-,17?,18+,19?,20+,21-,24-,25+,26-/m0/s1. The van der Waals surface area contributed by atoms with Gasteiger partial charge in [0.1, 0.15) is 12.2 Å². The Morgan fingerprint density at radius 1 is 1.11 bits per heavy atom. The molecule has 1 spiro atoms. The zero-order valence-corrected chi connectivity index (χ0v) is 21.6. The first-order valence-electron chi connectivity index (χ1n) is 12.8. The van der Waals surface area contributed by atoms with Crippen LogP contribution in [0.4, 0.5) is 0 Å². The molecular weight excluding hydrogens is 488 g/mol. The van der Waals surface area contributed by atoms with E-state index in [0.29, 0.717) is 5.57 Å². The van der Waals surface area contributed by atoms with Crippen molar-refractivity contribution >= 4 is 17.9 Å². The molecule has 5 aliphatic rings. The topological polar surface area (TPSA) is 169 Å². The molecule has 206 valence electrons. The van der Waals surface area contributed by atoms with Crippen molar-refractivity contribution in [3.63, 3.8) is 0 Å². The van der Waals surface area contributed by atoms with Gasteiger partial charge in [0, 0.05) is 17.4 Å². The van der Waals surface area contributed by atoms with Crippen LogP contribution in [0.2, 0.25) is 0 Å². The summed E-state index contributed by atoms with van der Waals surface area (Å²) in [4.78, 5) is 39.4. The number of rotatable bonds is 3. The van der Waals surface area contributed by atoms with Gasteiger partial charge in [-0.3, -0.25) is 0 Å². The summed E-state index contributed by atoms with van der Waals surface area (Å²) >= 11 is 0. The van der Waals surface area contributed by atoms with Crippen molar-refractivity contribution in [3.05, 3.63) is 11.6 Å². The fraction of sp³-hybridized carbons (Fsp3) is 0.808. The number of hydrogen-bond acceptors (Lipinski definition) is 11. The number of esters is 3. The number of hydrogen-bond donors (Lipinski definition) is 4. The van der Waals surface area contributed by atoms with Gasteiger partial charge in [-0.15, -0.1) is 0 Å². The number of carbonyl (C=O) groups excluding carboxylic acids is 3. The van der Waals surface area contributed by atoms with Crippen molar-refractivity contribution in [2.45, 2.75) is 82.8 Å². The van der Waals surface area contributed by atoms with E-state index in [1.165, 1.54) is 6.08 Å². The summed E-state index contributed by atoms with van der Waals surface area (Å²) in [6.07, 6.45) is -6.32. The van der Waals surface area contributed by atoms with Crippen LogP contribution in [0.25, 0.3) is 0 Å². The summed E-state index contributed by atoms with van der Waals surface area (Å²) < 4.78 is 22.6. The Kier molecular flexibility index (Phi) is 6.08. The zero-order valence-electron chi connectivity index (χ0n) is 21.6. The normalized spacial score (nSPS) is 51.8. The van der Waals surface area contributed by atoms with Crippen molar-refractivity contribution in [1.29, 1.82) is 0 Å². The van der Waals surface area contributed by atoms with E-state index >= 15 is 0 Å². The van der Waals surface area contributed by atoms with Gasteiger partial charge in [-0.1, -0.05) is 19.4 Å². The maximum Gasteiger partial charge on any atom is 0.348 e. The first-order valence-corrected chi connectivity index (χ1v) is 12.8. The molecule has 37 heavy (non-hydrogen) atoms. The summed E-state index contributed by atoms with van der Waals surface area (Å²) in [5.74, 6) is -5.43. The second kappa shape index (κ2) is 8.47. The van der Waals surface area contributed by atoms with Gasteiger partial charge in [-0.05, 0) is 43.9 Å². The third-order valence-corrected chi connectivity index (χ3v) is 10.1. The van der Waals surface area contributed by atoms with E-state index in [-0.39, 0.29) is 25.4 Å². The first kappa shape index (κ1) is 26.6. The molecular formula is C26H36O11. The Labute approximate surface area is 214 Å². The molecule has 5 rings (SSSR count). The predicted octanol–water partition coefficient (Wildman–Crippen LogP) is -0.526. The Hall–Kier alpha value is -2.05. The lowest BCUT2D eigenvalue weighted by Gasteiger charge is -2.69. The van der Waals surface area contributed by atoms with Crippen molar-refractivity contribution in [2.75, 3.05) is 13.7 Å². The molecule has 11 nitrogen and oxygen atoms in total. The van der Waals surface area contributed by atoms with Gasteiger partial charge in [-0.2, -0.15) is 0 Å². The Bertz CT molecular complexity index is 1040. The van der Waals surface area contributed by atoms with Crippen LogP contribution in [0, 0.1) is 34.5 Å². The van der Waals surface area contributed by atoms with Crippen LogP contribution in [0.5, 0.6) is 0 Å². The number of ether oxygens (including phenoxy) is 4. The molecule has 2 bridgehead atoms. The molecule has 2 aliphatic heterocycles. The average molecular weight is 525 g/mol. The Morgan fingerprint density at radius 2 is 1.78 bits per heavy atom. The highest BCUT2D eigenvalue weighted by atomic mass is 16.6. The van der Waals surface area contributed by atoms with Gasteiger partial charge < -0.3 is 39.4 Å². The smallest absolute Gasteiger partial charge is 0.348 e. The fourth-order valence-electron chi connectivity index (χ4n) is 8.82. The summed E-state index contributed by atoms with van der Waals surface area (Å²) in [5, 5.41) is 44.7. The van der Waals surface area contributed by atoms with Gasteiger partial charge in [-0.25, -0.2) is 14.4 Å². The third kappa shape index (κ3) is 3.21. The molecule has 13 atom stereocenters. The minimum Gasteiger partial charge on any atom is -0.467 e. The van der Waals surface area contributed by atoms with E-state index in [2.05, 4.69) is 0 Å². The molecule has 0 aromatic heterocycles. The minimum absolute atomic E-state index is 0.111. The van der Waals surface area contributed by atoms with E-state index < -0.39 is 88.7 Å². The molecule has 4 N–H and O–H groups in total. The largest absolute Gasteiger partial charge is 0.467 e. The first-order chi connectivity index (χ1) is 17.3. The Balaban J connectivity index is 1.71. The molecule has 0 aromatic rings. The predicted molar refractivity (Wildman–Crippen MR) is 123 cm³/mol. The zero-order chi connectivity index (χ0) is 27.2. The summed E-state index contributed by atoms with van der Waals surface area (Å²) in [5.41, 5.74) is -3.63. The van der Waals surface area contributed by atoms with Gasteiger partial charge in [0.05, 0.1) is 37.9 Å². The second-order valence-electron chi connectivity index (χ2n) is 12.1. The molecule has 5 fully saturated rings. The lowest BCUT2D eigenvalue weighted by Crippen LogP contribution is -2.80. The molecule has 0 radical (unpaired) electrons. The fourth-order valence-corrected chi connectivity index (χ4v) is 8.82. The molecule has 11 heteroatoms. The van der Waals surface area contributed by atoms with E-state index in [9.17, 15) is 34.8 Å². The molecule has 2 heterocycles. The number of fused-ring (bicyclic) bond motifs is 2. The van der Waals surface area contributed by atoms with Gasteiger partial charge in [0.2, 0.25) is 11.7 Å². The quantitative estimate of drug-likeness (QED) is 0.213. The van der Waals surface area contributed by atoms with Crippen LogP contribution in [0.15, 0.2) is 11.6 Å². The lowest BCUT2D eigenvalue weighted by molar-refractivity contribution is -0.307. The minimum atomic E-state index is -2.18. The van der Waals surface area contributed by atoms with Crippen molar-refractivity contribution in [1.82, 2.24) is 0 Å². The number of allylic oxidation sites excluding steroid dienone is 1. The lowest BCUT2D eigenvalue weighted by atomic mass is 9.37. The number of methoxy groups -OCH3 is 1. The Morgan fingerprint density at radius 3 is 2.41 bits per heavy atom. The number of aliphatic hydroxyl groups is 4. The molecule has 3 saturated carbocycles. The van der Waals surface area contributed by atoms with Crippen molar-refractivity contribution < 1.29 is 53.8 Å².